The summed E-state index contributed by atoms with van der Waals surface area (Å²) >= 11 is 0. The Morgan fingerprint density at radius 1 is 1.12 bits per heavy atom. The predicted molar refractivity (Wildman–Crippen MR) is 101 cm³/mol. The first-order valence-corrected chi connectivity index (χ1v) is 8.99. The standard InChI is InChI=1S/C21H28N2O2/c1-17-8-9-21(24-2)19(14-17)15-22-16-20(18-6-4-3-5-7-18)23-10-12-25-13-11-23/h3-9,14,20,22H,10-13,15-16H2,1-2H3. The van der Waals surface area contributed by atoms with Gasteiger partial charge >= 0.3 is 0 Å². The van der Waals surface area contributed by atoms with Gasteiger partial charge in [-0.2, -0.15) is 0 Å². The lowest BCUT2D eigenvalue weighted by Crippen LogP contribution is -2.42. The molecule has 1 aliphatic heterocycles. The van der Waals surface area contributed by atoms with Crippen LogP contribution in [-0.4, -0.2) is 44.9 Å². The number of hydrogen-bond acceptors (Lipinski definition) is 4. The van der Waals surface area contributed by atoms with Crippen LogP contribution in [0.3, 0.4) is 0 Å². The highest BCUT2D eigenvalue weighted by Gasteiger charge is 2.22. The number of benzene rings is 2. The van der Waals surface area contributed by atoms with Crippen LogP contribution in [0.2, 0.25) is 0 Å². The molecule has 25 heavy (non-hydrogen) atoms. The number of ether oxygens (including phenoxy) is 2. The Morgan fingerprint density at radius 3 is 2.60 bits per heavy atom. The van der Waals surface area contributed by atoms with Gasteiger partial charge in [0.2, 0.25) is 0 Å². The van der Waals surface area contributed by atoms with Crippen molar-refractivity contribution in [3.63, 3.8) is 0 Å². The van der Waals surface area contributed by atoms with Gasteiger partial charge in [0.1, 0.15) is 5.75 Å². The van der Waals surface area contributed by atoms with E-state index in [0.717, 1.165) is 45.1 Å². The topological polar surface area (TPSA) is 33.7 Å². The largest absolute Gasteiger partial charge is 0.496 e. The highest BCUT2D eigenvalue weighted by Crippen LogP contribution is 2.23. The third-order valence-electron chi connectivity index (χ3n) is 4.76. The van der Waals surface area contributed by atoms with Gasteiger partial charge < -0.3 is 14.8 Å². The van der Waals surface area contributed by atoms with E-state index in [0.29, 0.717) is 6.04 Å². The van der Waals surface area contributed by atoms with E-state index < -0.39 is 0 Å². The number of methoxy groups -OCH3 is 1. The van der Waals surface area contributed by atoms with Crippen LogP contribution in [0.5, 0.6) is 5.75 Å². The maximum Gasteiger partial charge on any atom is 0.123 e. The Morgan fingerprint density at radius 2 is 1.88 bits per heavy atom. The van der Waals surface area contributed by atoms with Gasteiger partial charge in [-0.05, 0) is 18.6 Å². The van der Waals surface area contributed by atoms with Crippen molar-refractivity contribution in [1.82, 2.24) is 10.2 Å². The van der Waals surface area contributed by atoms with Crippen LogP contribution in [0.1, 0.15) is 22.7 Å². The molecule has 0 radical (unpaired) electrons. The maximum atomic E-state index is 5.52. The molecular weight excluding hydrogens is 312 g/mol. The average Bonchev–Trinajstić information content (AvgIpc) is 2.67. The monoisotopic (exact) mass is 340 g/mol. The van der Waals surface area contributed by atoms with E-state index in [1.54, 1.807) is 7.11 Å². The predicted octanol–water partition coefficient (Wildman–Crippen LogP) is 3.17. The summed E-state index contributed by atoms with van der Waals surface area (Å²) in [7, 11) is 1.73. The number of morpholine rings is 1. The SMILES string of the molecule is COc1ccc(C)cc1CNCC(c1ccccc1)N1CCOCC1. The van der Waals surface area contributed by atoms with E-state index in [2.05, 4.69) is 59.6 Å². The molecule has 4 nitrogen and oxygen atoms in total. The number of nitrogens with one attached hydrogen (secondary N) is 1. The van der Waals surface area contributed by atoms with Gasteiger partial charge in [-0.1, -0.05) is 48.0 Å². The number of rotatable bonds is 7. The minimum atomic E-state index is 0.362. The van der Waals surface area contributed by atoms with Crippen LogP contribution >= 0.6 is 0 Å². The second-order valence-electron chi connectivity index (χ2n) is 6.52. The Hall–Kier alpha value is -1.88. The van der Waals surface area contributed by atoms with Crippen molar-refractivity contribution in [2.75, 3.05) is 40.0 Å². The summed E-state index contributed by atoms with van der Waals surface area (Å²) in [6.07, 6.45) is 0. The fourth-order valence-electron chi connectivity index (χ4n) is 3.41. The van der Waals surface area contributed by atoms with E-state index in [1.165, 1.54) is 16.7 Å². The van der Waals surface area contributed by atoms with Crippen LogP contribution in [0.25, 0.3) is 0 Å². The first kappa shape index (κ1) is 17.9. The van der Waals surface area contributed by atoms with Gasteiger partial charge in [-0.25, -0.2) is 0 Å². The first-order valence-electron chi connectivity index (χ1n) is 8.99. The van der Waals surface area contributed by atoms with Gasteiger partial charge in [0.15, 0.2) is 0 Å². The van der Waals surface area contributed by atoms with E-state index in [9.17, 15) is 0 Å². The minimum Gasteiger partial charge on any atom is -0.496 e. The third kappa shape index (κ3) is 4.82. The molecule has 3 rings (SSSR count). The summed E-state index contributed by atoms with van der Waals surface area (Å²) in [6, 6.07) is 17.4. The molecule has 0 spiro atoms. The molecule has 0 saturated carbocycles. The Kier molecular flexibility index (Phi) is 6.45. The van der Waals surface area contributed by atoms with Crippen molar-refractivity contribution in [3.05, 3.63) is 65.2 Å². The lowest BCUT2D eigenvalue weighted by Gasteiger charge is -2.35. The second kappa shape index (κ2) is 8.99. The Labute approximate surface area is 150 Å². The van der Waals surface area contributed by atoms with Gasteiger partial charge in [0.25, 0.3) is 0 Å². The van der Waals surface area contributed by atoms with Crippen molar-refractivity contribution >= 4 is 0 Å². The van der Waals surface area contributed by atoms with Crippen molar-refractivity contribution in [2.24, 2.45) is 0 Å². The van der Waals surface area contributed by atoms with Crippen molar-refractivity contribution < 1.29 is 9.47 Å². The van der Waals surface area contributed by atoms with Gasteiger partial charge in [0, 0.05) is 37.8 Å². The minimum absolute atomic E-state index is 0.362. The van der Waals surface area contributed by atoms with Crippen LogP contribution in [0, 0.1) is 6.92 Å². The molecule has 0 aliphatic carbocycles. The van der Waals surface area contributed by atoms with Crippen molar-refractivity contribution in [3.8, 4) is 5.75 Å². The molecule has 0 aromatic heterocycles. The van der Waals surface area contributed by atoms with Gasteiger partial charge in [-0.15, -0.1) is 0 Å². The fourth-order valence-corrected chi connectivity index (χ4v) is 3.41. The summed E-state index contributed by atoms with van der Waals surface area (Å²) in [6.45, 7) is 7.41. The molecule has 1 N–H and O–H groups in total. The second-order valence-corrected chi connectivity index (χ2v) is 6.52. The Balaban J connectivity index is 1.67. The molecule has 1 saturated heterocycles. The van der Waals surface area contributed by atoms with Gasteiger partial charge in [0.05, 0.1) is 20.3 Å². The zero-order valence-electron chi connectivity index (χ0n) is 15.2. The molecule has 1 fully saturated rings. The molecule has 2 aromatic carbocycles. The fraction of sp³-hybridized carbons (Fsp3) is 0.429. The molecule has 1 heterocycles. The number of hydrogen-bond donors (Lipinski definition) is 1. The molecule has 1 atom stereocenters. The summed E-state index contributed by atoms with van der Waals surface area (Å²) < 4.78 is 11.0. The molecule has 2 aromatic rings. The number of aryl methyl sites for hydroxylation is 1. The van der Waals surface area contributed by atoms with Crippen LogP contribution < -0.4 is 10.1 Å². The smallest absolute Gasteiger partial charge is 0.123 e. The first-order chi connectivity index (χ1) is 12.3. The maximum absolute atomic E-state index is 5.52. The zero-order valence-corrected chi connectivity index (χ0v) is 15.2. The van der Waals surface area contributed by atoms with Crippen molar-refractivity contribution in [2.45, 2.75) is 19.5 Å². The van der Waals surface area contributed by atoms with E-state index in [-0.39, 0.29) is 0 Å². The van der Waals surface area contributed by atoms with Crippen LogP contribution in [0.4, 0.5) is 0 Å². The van der Waals surface area contributed by atoms with Crippen LogP contribution in [0.15, 0.2) is 48.5 Å². The van der Waals surface area contributed by atoms with Crippen molar-refractivity contribution in [1.29, 1.82) is 0 Å². The van der Waals surface area contributed by atoms with E-state index >= 15 is 0 Å². The van der Waals surface area contributed by atoms with E-state index in [4.69, 9.17) is 9.47 Å². The molecule has 0 amide bonds. The summed E-state index contributed by atoms with van der Waals surface area (Å²) in [5.41, 5.74) is 3.81. The Bertz CT molecular complexity index is 654. The molecular formula is C21H28N2O2. The quantitative estimate of drug-likeness (QED) is 0.839. The normalized spacial score (nSPS) is 16.6. The van der Waals surface area contributed by atoms with Crippen LogP contribution in [-0.2, 0) is 11.3 Å². The molecule has 1 aliphatic rings. The summed E-state index contributed by atoms with van der Waals surface area (Å²) in [5, 5.41) is 3.64. The lowest BCUT2D eigenvalue weighted by atomic mass is 10.0. The zero-order chi connectivity index (χ0) is 17.5. The summed E-state index contributed by atoms with van der Waals surface area (Å²) in [5.74, 6) is 0.945. The average molecular weight is 340 g/mol. The highest BCUT2D eigenvalue weighted by molar-refractivity contribution is 5.36. The lowest BCUT2D eigenvalue weighted by molar-refractivity contribution is 0.0161. The molecule has 4 heteroatoms. The number of nitrogens with zero attached hydrogens (tertiary/aromatic N) is 1. The molecule has 1 unspecified atom stereocenters. The summed E-state index contributed by atoms with van der Waals surface area (Å²) in [4.78, 5) is 2.51. The molecule has 134 valence electrons. The highest BCUT2D eigenvalue weighted by atomic mass is 16.5. The third-order valence-corrected chi connectivity index (χ3v) is 4.76. The molecule has 0 bridgehead atoms. The van der Waals surface area contributed by atoms with Gasteiger partial charge in [-0.3, -0.25) is 4.90 Å². The van der Waals surface area contributed by atoms with E-state index in [1.807, 2.05) is 6.07 Å².